The first-order valence-electron chi connectivity index (χ1n) is 9.20. The van der Waals surface area contributed by atoms with Crippen LogP contribution in [0.3, 0.4) is 0 Å². The number of hydrogen-bond donors (Lipinski definition) is 2. The Morgan fingerprint density at radius 3 is 2.62 bits per heavy atom. The van der Waals surface area contributed by atoms with Crippen LogP contribution in [-0.2, 0) is 26.3 Å². The summed E-state index contributed by atoms with van der Waals surface area (Å²) in [5.41, 5.74) is 0.562. The van der Waals surface area contributed by atoms with Gasteiger partial charge in [-0.1, -0.05) is 11.6 Å². The van der Waals surface area contributed by atoms with Crippen molar-refractivity contribution in [2.45, 2.75) is 44.6 Å². The average molecular weight is 418 g/mol. The minimum Gasteiger partial charge on any atom is -0.351 e. The number of benzene rings is 1. The molecule has 1 aliphatic rings. The molecule has 152 valence electrons. The van der Waals surface area contributed by atoms with E-state index in [1.807, 2.05) is 0 Å². The van der Waals surface area contributed by atoms with Gasteiger partial charge in [0.2, 0.25) is 17.7 Å². The zero-order chi connectivity index (χ0) is 21.2. The molecule has 0 saturated carbocycles. The molecule has 3 amide bonds. The molecule has 0 bridgehead atoms. The van der Waals surface area contributed by atoms with Crippen LogP contribution >= 0.6 is 11.6 Å². The summed E-state index contributed by atoms with van der Waals surface area (Å²) in [4.78, 5) is 39.9. The van der Waals surface area contributed by atoms with Crippen molar-refractivity contribution in [1.29, 1.82) is 0 Å². The van der Waals surface area contributed by atoms with Gasteiger partial charge in [0.05, 0.1) is 11.3 Å². The third-order valence-electron chi connectivity index (χ3n) is 5.15. The number of nitrogens with one attached hydrogen (secondary N) is 2. The third kappa shape index (κ3) is 4.45. The maximum absolute atomic E-state index is 14.7. The Balaban J connectivity index is 1.73. The third-order valence-corrected chi connectivity index (χ3v) is 5.46. The van der Waals surface area contributed by atoms with E-state index in [1.165, 1.54) is 12.1 Å². The number of hydrogen-bond acceptors (Lipinski definition) is 4. The Hall–Kier alpha value is -2.80. The van der Waals surface area contributed by atoms with E-state index in [9.17, 15) is 18.8 Å². The quantitative estimate of drug-likeness (QED) is 0.732. The number of carbonyl (C=O) groups is 3. The first kappa shape index (κ1) is 20.9. The normalized spacial score (nSPS) is 17.0. The largest absolute Gasteiger partial charge is 0.351 e. The molecule has 1 aliphatic heterocycles. The SMILES string of the molecule is CC(C)(C(=O)NCc1cc(F)c(C2CCC(=O)NC2=O)c(Cl)c1)c1ccncc1. The summed E-state index contributed by atoms with van der Waals surface area (Å²) >= 11 is 6.25. The lowest BCUT2D eigenvalue weighted by molar-refractivity contribution is -0.134. The van der Waals surface area contributed by atoms with Crippen LogP contribution in [-0.4, -0.2) is 22.7 Å². The molecule has 0 aliphatic carbocycles. The van der Waals surface area contributed by atoms with Crippen LogP contribution in [0.4, 0.5) is 4.39 Å². The van der Waals surface area contributed by atoms with Gasteiger partial charge in [-0.25, -0.2) is 4.39 Å². The van der Waals surface area contributed by atoms with Crippen LogP contribution in [0.2, 0.25) is 5.02 Å². The van der Waals surface area contributed by atoms with Gasteiger partial charge in [0.25, 0.3) is 0 Å². The van der Waals surface area contributed by atoms with Crippen LogP contribution < -0.4 is 10.6 Å². The van der Waals surface area contributed by atoms with Gasteiger partial charge in [-0.2, -0.15) is 0 Å². The molecular formula is C21H21ClFN3O3. The Labute approximate surface area is 172 Å². The van der Waals surface area contributed by atoms with Crippen molar-refractivity contribution >= 4 is 29.3 Å². The van der Waals surface area contributed by atoms with E-state index in [0.29, 0.717) is 5.56 Å². The van der Waals surface area contributed by atoms with E-state index in [0.717, 1.165) is 5.56 Å². The summed E-state index contributed by atoms with van der Waals surface area (Å²) in [5.74, 6) is -2.60. The predicted octanol–water partition coefficient (Wildman–Crippen LogP) is 2.99. The zero-order valence-electron chi connectivity index (χ0n) is 16.1. The lowest BCUT2D eigenvalue weighted by Crippen LogP contribution is -2.40. The number of pyridine rings is 1. The second kappa shape index (κ2) is 8.29. The molecule has 3 rings (SSSR count). The van der Waals surface area contributed by atoms with Gasteiger partial charge in [-0.15, -0.1) is 0 Å². The van der Waals surface area contributed by atoms with E-state index in [-0.39, 0.29) is 41.8 Å². The lowest BCUT2D eigenvalue weighted by atomic mass is 9.84. The highest BCUT2D eigenvalue weighted by Crippen LogP contribution is 2.33. The number of carbonyl (C=O) groups excluding carboxylic acids is 3. The minimum atomic E-state index is -0.811. The average Bonchev–Trinajstić information content (AvgIpc) is 2.67. The molecule has 0 spiro atoms. The van der Waals surface area contributed by atoms with Crippen LogP contribution in [0.15, 0.2) is 36.7 Å². The minimum absolute atomic E-state index is 0.0730. The second-order valence-corrected chi connectivity index (χ2v) is 7.93. The molecule has 29 heavy (non-hydrogen) atoms. The van der Waals surface area contributed by atoms with Crippen LogP contribution in [0.1, 0.15) is 49.3 Å². The Morgan fingerprint density at radius 1 is 1.31 bits per heavy atom. The van der Waals surface area contributed by atoms with Gasteiger partial charge in [0, 0.05) is 35.9 Å². The molecule has 2 N–H and O–H groups in total. The highest BCUT2D eigenvalue weighted by molar-refractivity contribution is 6.31. The molecule has 1 saturated heterocycles. The predicted molar refractivity (Wildman–Crippen MR) is 106 cm³/mol. The van der Waals surface area contributed by atoms with Crippen molar-refractivity contribution in [3.05, 3.63) is 64.2 Å². The first-order valence-corrected chi connectivity index (χ1v) is 9.58. The van der Waals surface area contributed by atoms with Crippen LogP contribution in [0, 0.1) is 5.82 Å². The fraction of sp³-hybridized carbons (Fsp3) is 0.333. The summed E-state index contributed by atoms with van der Waals surface area (Å²) in [5, 5.41) is 5.10. The molecule has 2 aromatic rings. The van der Waals surface area contributed by atoms with Crippen LogP contribution in [0.5, 0.6) is 0 Å². The molecule has 1 aromatic heterocycles. The number of amides is 3. The van der Waals surface area contributed by atoms with Crippen molar-refractivity contribution in [1.82, 2.24) is 15.6 Å². The molecule has 6 nitrogen and oxygen atoms in total. The van der Waals surface area contributed by atoms with Gasteiger partial charge < -0.3 is 5.32 Å². The summed E-state index contributed by atoms with van der Waals surface area (Å²) in [6.45, 7) is 3.66. The van der Waals surface area contributed by atoms with E-state index in [1.54, 1.807) is 38.4 Å². The lowest BCUT2D eigenvalue weighted by Gasteiger charge is -2.25. The molecular weight excluding hydrogens is 397 g/mol. The van der Waals surface area contributed by atoms with E-state index in [2.05, 4.69) is 15.6 Å². The molecule has 1 aromatic carbocycles. The van der Waals surface area contributed by atoms with Gasteiger partial charge in [0.1, 0.15) is 5.82 Å². The highest BCUT2D eigenvalue weighted by atomic mass is 35.5. The fourth-order valence-corrected chi connectivity index (χ4v) is 3.71. The number of imide groups is 1. The van der Waals surface area contributed by atoms with E-state index < -0.39 is 23.1 Å². The maximum atomic E-state index is 14.7. The second-order valence-electron chi connectivity index (χ2n) is 7.52. The Bertz CT molecular complexity index is 940. The molecule has 8 heteroatoms. The van der Waals surface area contributed by atoms with Crippen molar-refractivity contribution < 1.29 is 18.8 Å². The maximum Gasteiger partial charge on any atom is 0.234 e. The van der Waals surface area contributed by atoms with Gasteiger partial charge in [-0.05, 0) is 55.7 Å². The van der Waals surface area contributed by atoms with Gasteiger partial charge in [-0.3, -0.25) is 24.7 Å². The Morgan fingerprint density at radius 2 is 2.00 bits per heavy atom. The summed E-state index contributed by atoms with van der Waals surface area (Å²) < 4.78 is 14.7. The van der Waals surface area contributed by atoms with E-state index >= 15 is 0 Å². The van der Waals surface area contributed by atoms with Crippen molar-refractivity contribution in [2.24, 2.45) is 0 Å². The fourth-order valence-electron chi connectivity index (χ4n) is 3.34. The number of aromatic nitrogens is 1. The highest BCUT2D eigenvalue weighted by Gasteiger charge is 2.32. The molecule has 1 unspecified atom stereocenters. The summed E-state index contributed by atoms with van der Waals surface area (Å²) in [6, 6.07) is 6.32. The van der Waals surface area contributed by atoms with Crippen molar-refractivity contribution in [3.63, 3.8) is 0 Å². The summed E-state index contributed by atoms with van der Waals surface area (Å²) in [6.07, 6.45) is 3.58. The Kier molecular flexibility index (Phi) is 5.98. The molecule has 2 heterocycles. The van der Waals surface area contributed by atoms with Crippen LogP contribution in [0.25, 0.3) is 0 Å². The van der Waals surface area contributed by atoms with Crippen molar-refractivity contribution in [2.75, 3.05) is 0 Å². The number of nitrogens with zero attached hydrogens (tertiary/aromatic N) is 1. The van der Waals surface area contributed by atoms with Gasteiger partial charge in [0.15, 0.2) is 0 Å². The number of halogens is 2. The molecule has 1 atom stereocenters. The van der Waals surface area contributed by atoms with Gasteiger partial charge >= 0.3 is 0 Å². The topological polar surface area (TPSA) is 88.2 Å². The molecule has 0 radical (unpaired) electrons. The first-order chi connectivity index (χ1) is 13.7. The smallest absolute Gasteiger partial charge is 0.234 e. The number of rotatable bonds is 5. The summed E-state index contributed by atoms with van der Waals surface area (Å²) in [7, 11) is 0. The monoisotopic (exact) mass is 417 g/mol. The van der Waals surface area contributed by atoms with E-state index in [4.69, 9.17) is 11.6 Å². The zero-order valence-corrected chi connectivity index (χ0v) is 16.8. The van der Waals surface area contributed by atoms with Crippen molar-refractivity contribution in [3.8, 4) is 0 Å². The standard InChI is InChI=1S/C21H21ClFN3O3/c1-21(2,13-5-7-24-8-6-13)20(29)25-11-12-9-15(22)18(16(23)10-12)14-3-4-17(27)26-19(14)28/h5-10,14H,3-4,11H2,1-2H3,(H,25,29)(H,26,27,28). The molecule has 1 fully saturated rings. The number of piperidine rings is 1.